The summed E-state index contributed by atoms with van der Waals surface area (Å²) in [6.07, 6.45) is 18.1. The summed E-state index contributed by atoms with van der Waals surface area (Å²) >= 11 is 0. The first-order valence-electron chi connectivity index (χ1n) is 17.4. The Morgan fingerprint density at radius 1 is 0.791 bits per heavy atom. The monoisotopic (exact) mass is 610 g/mol. The molecule has 0 bridgehead atoms. The Kier molecular flexibility index (Phi) is 20.1. The van der Waals surface area contributed by atoms with Crippen LogP contribution in [0.1, 0.15) is 151 Å². The molecule has 0 aromatic heterocycles. The number of hydrogen-bond acceptors (Lipinski definition) is 6. The molecule has 1 aliphatic heterocycles. The van der Waals surface area contributed by atoms with Crippen LogP contribution in [0.5, 0.6) is 0 Å². The van der Waals surface area contributed by atoms with Crippen molar-refractivity contribution >= 4 is 17.8 Å². The summed E-state index contributed by atoms with van der Waals surface area (Å²) in [6.45, 7) is 15.2. The number of unbranched alkanes of at least 4 members (excludes halogenated alkanes) is 12. The molecule has 0 aromatic carbocycles. The molecule has 2 unspecified atom stereocenters. The average molecular weight is 611 g/mol. The number of rotatable bonds is 24. The normalized spacial score (nSPS) is 18.3. The SMILES string of the molecule is CCCCCCCCCCCCCCCC(C(=O)NCCCOC(=O)CCNC(=O)C1OC(C)(C)OCC1(C)C)C(C)C. The molecule has 2 N–H and O–H groups in total. The lowest BCUT2D eigenvalue weighted by Crippen LogP contribution is -2.56. The zero-order valence-electron chi connectivity index (χ0n) is 28.8. The number of esters is 1. The third-order valence-electron chi connectivity index (χ3n) is 8.41. The highest BCUT2D eigenvalue weighted by atomic mass is 16.7. The summed E-state index contributed by atoms with van der Waals surface area (Å²) in [5, 5.41) is 5.82. The topological polar surface area (TPSA) is 103 Å². The number of carbonyl (C=O) groups excluding carboxylic acids is 3. The summed E-state index contributed by atoms with van der Waals surface area (Å²) < 4.78 is 16.8. The van der Waals surface area contributed by atoms with E-state index in [1.807, 2.05) is 13.8 Å². The Morgan fingerprint density at radius 3 is 1.91 bits per heavy atom. The molecular formula is C35H66N2O6. The molecule has 8 nitrogen and oxygen atoms in total. The molecule has 0 aliphatic carbocycles. The molecule has 2 amide bonds. The Labute approximate surface area is 263 Å². The smallest absolute Gasteiger partial charge is 0.307 e. The minimum absolute atomic E-state index is 0.0223. The second kappa shape index (κ2) is 21.9. The standard InChI is InChI=1S/C35H66N2O6/c1-8-9-10-11-12-13-14-15-16-17-18-19-20-22-29(28(2)3)32(39)36-24-21-26-41-30(38)23-25-37-33(40)31-34(4,5)27-42-35(6,7)43-31/h28-29,31H,8-27H2,1-7H3,(H,36,39)(H,37,40). The van der Waals surface area contributed by atoms with Crippen molar-refractivity contribution in [2.75, 3.05) is 26.3 Å². The molecule has 0 spiro atoms. The van der Waals surface area contributed by atoms with E-state index in [2.05, 4.69) is 31.4 Å². The van der Waals surface area contributed by atoms with Gasteiger partial charge in [-0.1, -0.05) is 118 Å². The van der Waals surface area contributed by atoms with Gasteiger partial charge in [-0.3, -0.25) is 14.4 Å². The van der Waals surface area contributed by atoms with Gasteiger partial charge in [-0.05, 0) is 32.6 Å². The lowest BCUT2D eigenvalue weighted by atomic mass is 9.85. The Balaban J connectivity index is 2.10. The van der Waals surface area contributed by atoms with Gasteiger partial charge in [0.25, 0.3) is 0 Å². The van der Waals surface area contributed by atoms with Gasteiger partial charge < -0.3 is 24.8 Å². The molecule has 1 heterocycles. The van der Waals surface area contributed by atoms with E-state index in [9.17, 15) is 14.4 Å². The first kappa shape index (κ1) is 39.4. The predicted molar refractivity (Wildman–Crippen MR) is 174 cm³/mol. The van der Waals surface area contributed by atoms with Gasteiger partial charge in [0, 0.05) is 24.4 Å². The van der Waals surface area contributed by atoms with Gasteiger partial charge in [0.15, 0.2) is 5.79 Å². The van der Waals surface area contributed by atoms with E-state index >= 15 is 0 Å². The van der Waals surface area contributed by atoms with Crippen LogP contribution in [0.15, 0.2) is 0 Å². The molecule has 1 saturated heterocycles. The minimum Gasteiger partial charge on any atom is -0.466 e. The first-order chi connectivity index (χ1) is 20.4. The Bertz CT molecular complexity index is 782. The lowest BCUT2D eigenvalue weighted by molar-refractivity contribution is -0.304. The van der Waals surface area contributed by atoms with Gasteiger partial charge in [0.05, 0.1) is 19.6 Å². The van der Waals surface area contributed by atoms with Crippen LogP contribution >= 0.6 is 0 Å². The zero-order chi connectivity index (χ0) is 32.1. The van der Waals surface area contributed by atoms with Crippen LogP contribution < -0.4 is 10.6 Å². The highest BCUT2D eigenvalue weighted by Crippen LogP contribution is 2.34. The maximum atomic E-state index is 12.8. The van der Waals surface area contributed by atoms with Crippen molar-refractivity contribution in [3.05, 3.63) is 0 Å². The average Bonchev–Trinajstić information content (AvgIpc) is 2.94. The fourth-order valence-corrected chi connectivity index (χ4v) is 5.52. The van der Waals surface area contributed by atoms with Crippen molar-refractivity contribution in [3.63, 3.8) is 0 Å². The van der Waals surface area contributed by atoms with Gasteiger partial charge >= 0.3 is 5.97 Å². The molecule has 252 valence electrons. The largest absolute Gasteiger partial charge is 0.466 e. The van der Waals surface area contributed by atoms with Gasteiger partial charge in [0.1, 0.15) is 6.10 Å². The van der Waals surface area contributed by atoms with Gasteiger partial charge in [0.2, 0.25) is 11.8 Å². The number of ether oxygens (including phenoxy) is 3. The molecule has 0 aromatic rings. The van der Waals surface area contributed by atoms with Crippen molar-refractivity contribution in [1.29, 1.82) is 0 Å². The van der Waals surface area contributed by atoms with E-state index in [0.29, 0.717) is 25.5 Å². The fraction of sp³-hybridized carbons (Fsp3) is 0.914. The van der Waals surface area contributed by atoms with Crippen molar-refractivity contribution in [3.8, 4) is 0 Å². The van der Waals surface area contributed by atoms with E-state index in [0.717, 1.165) is 12.8 Å². The fourth-order valence-electron chi connectivity index (χ4n) is 5.52. The van der Waals surface area contributed by atoms with Gasteiger partial charge in [-0.25, -0.2) is 0 Å². The van der Waals surface area contributed by atoms with Crippen molar-refractivity contribution in [2.45, 2.75) is 163 Å². The molecule has 1 aliphatic rings. The highest BCUT2D eigenvalue weighted by molar-refractivity contribution is 5.82. The van der Waals surface area contributed by atoms with Crippen LogP contribution in [0.3, 0.4) is 0 Å². The Hall–Kier alpha value is -1.67. The van der Waals surface area contributed by atoms with Crippen LogP contribution in [0.25, 0.3) is 0 Å². The summed E-state index contributed by atoms with van der Waals surface area (Å²) in [4.78, 5) is 37.5. The maximum Gasteiger partial charge on any atom is 0.307 e. The summed E-state index contributed by atoms with van der Waals surface area (Å²) in [7, 11) is 0. The van der Waals surface area contributed by atoms with Crippen LogP contribution in [0.4, 0.5) is 0 Å². The molecule has 8 heteroatoms. The second-order valence-corrected chi connectivity index (χ2v) is 14.0. The minimum atomic E-state index is -0.826. The molecular weight excluding hydrogens is 544 g/mol. The molecule has 2 atom stereocenters. The third kappa shape index (κ3) is 18.0. The van der Waals surface area contributed by atoms with E-state index < -0.39 is 17.3 Å². The van der Waals surface area contributed by atoms with E-state index in [4.69, 9.17) is 14.2 Å². The molecule has 0 radical (unpaired) electrons. The number of carbonyl (C=O) groups is 3. The van der Waals surface area contributed by atoms with Crippen LogP contribution in [-0.2, 0) is 28.6 Å². The molecule has 1 rings (SSSR count). The number of nitrogens with one attached hydrogen (secondary N) is 2. The Morgan fingerprint density at radius 2 is 1.35 bits per heavy atom. The number of amides is 2. The highest BCUT2D eigenvalue weighted by Gasteiger charge is 2.45. The van der Waals surface area contributed by atoms with Gasteiger partial charge in [-0.15, -0.1) is 0 Å². The van der Waals surface area contributed by atoms with Crippen LogP contribution in [0.2, 0.25) is 0 Å². The lowest BCUT2D eigenvalue weighted by Gasteiger charge is -2.44. The van der Waals surface area contributed by atoms with Crippen molar-refractivity contribution < 1.29 is 28.6 Å². The first-order valence-corrected chi connectivity index (χ1v) is 17.4. The van der Waals surface area contributed by atoms with Crippen molar-refractivity contribution in [2.24, 2.45) is 17.3 Å². The van der Waals surface area contributed by atoms with E-state index in [-0.39, 0.29) is 43.3 Å². The van der Waals surface area contributed by atoms with Crippen LogP contribution in [-0.4, -0.2) is 56.0 Å². The molecule has 1 fully saturated rings. The quantitative estimate of drug-likeness (QED) is 0.0868. The number of hydrogen-bond donors (Lipinski definition) is 2. The second-order valence-electron chi connectivity index (χ2n) is 14.0. The third-order valence-corrected chi connectivity index (χ3v) is 8.41. The summed E-state index contributed by atoms with van der Waals surface area (Å²) in [5.41, 5.74) is -0.467. The zero-order valence-corrected chi connectivity index (χ0v) is 28.8. The van der Waals surface area contributed by atoms with Crippen molar-refractivity contribution in [1.82, 2.24) is 10.6 Å². The van der Waals surface area contributed by atoms with Gasteiger partial charge in [-0.2, -0.15) is 0 Å². The van der Waals surface area contributed by atoms with E-state index in [1.165, 1.54) is 77.0 Å². The molecule has 43 heavy (non-hydrogen) atoms. The van der Waals surface area contributed by atoms with Crippen LogP contribution in [0, 0.1) is 17.3 Å². The summed E-state index contributed by atoms with van der Waals surface area (Å²) in [5.74, 6) is -1.03. The maximum absolute atomic E-state index is 12.8. The summed E-state index contributed by atoms with van der Waals surface area (Å²) in [6, 6.07) is 0. The molecule has 0 saturated carbocycles. The predicted octanol–water partition coefficient (Wildman–Crippen LogP) is 7.47. The van der Waals surface area contributed by atoms with E-state index in [1.54, 1.807) is 13.8 Å².